The van der Waals surface area contributed by atoms with E-state index in [1.54, 1.807) is 41.3 Å². The number of phenols is 3. The zero-order valence-electron chi connectivity index (χ0n) is 47.8. The number of anilines is 2. The molecule has 22 nitrogen and oxygen atoms in total. The summed E-state index contributed by atoms with van der Waals surface area (Å²) in [6.45, 7) is 11.5. The number of carboxylic acids is 1. The van der Waals surface area contributed by atoms with E-state index in [-0.39, 0.29) is 98.7 Å². The van der Waals surface area contributed by atoms with Gasteiger partial charge in [0.25, 0.3) is 11.7 Å². The number of nitrogens with one attached hydrogen (secondary N) is 2. The van der Waals surface area contributed by atoms with Gasteiger partial charge in [-0.3, -0.25) is 29.0 Å². The Kier molecular flexibility index (Phi) is 17.5. The first-order valence-corrected chi connectivity index (χ1v) is 28.4. The minimum Gasteiger partial charge on any atom is -0.507 e. The van der Waals surface area contributed by atoms with Crippen LogP contribution in [-0.4, -0.2) is 145 Å². The number of piperidine rings is 1. The van der Waals surface area contributed by atoms with Crippen molar-refractivity contribution in [1.82, 2.24) is 14.9 Å². The third kappa shape index (κ3) is 11.6. The van der Waals surface area contributed by atoms with Gasteiger partial charge in [0.2, 0.25) is 11.3 Å². The number of ether oxygens (including phenoxy) is 4. The Morgan fingerprint density at radius 1 is 0.952 bits per heavy atom. The van der Waals surface area contributed by atoms with E-state index in [0.717, 1.165) is 25.2 Å². The predicted octanol–water partition coefficient (Wildman–Crippen LogP) is 7.09. The lowest BCUT2D eigenvalue weighted by molar-refractivity contribution is -0.155. The number of hydrazone groups is 1. The van der Waals surface area contributed by atoms with Crippen molar-refractivity contribution in [2.75, 3.05) is 43.5 Å². The Balaban J connectivity index is 0.979. The first-order valence-electron chi connectivity index (χ1n) is 28.0. The summed E-state index contributed by atoms with van der Waals surface area (Å²) in [5.74, 6) is -11.5. The SMILES string of the molecule is CO[C@H]1/C=C/O[C@@]2(C)Oc3c(C)c(O)c4c(O)c(c(/C=N/N5CCC(C(=O)NC6CCN(c7c(F)cc8c(=O)c(C(=O)O)cn(C9CC9)c8c7Cl)C6)CC5)c(O)c4c3C2=O)NC(=O)/C(C)=C\C=C\[C@H](C)[C@H](O)[C@@H](C)[C@@H](O)[C@@H](C)[C@H](OC(C)=O)C1. The number of aliphatic hydroxyl groups excluding tert-OH is 2. The number of phenolic OH excluding ortho intramolecular Hbond substituents is 3. The number of allylic oxidation sites excluding steroid dienone is 2. The van der Waals surface area contributed by atoms with Crippen molar-refractivity contribution in [2.24, 2.45) is 28.8 Å². The second-order valence-corrected chi connectivity index (χ2v) is 23.2. The Labute approximate surface area is 487 Å². The fraction of sp³-hybridized carbons (Fsp3) is 0.483. The number of amides is 2. The minimum absolute atomic E-state index is 0.0133. The number of carbonyl (C=O) groups is 5. The number of Topliss-reactive ketones (excluding diaryl/α,β-unsaturated/α-hetero) is 1. The molecule has 8 N–H and O–H groups in total. The molecule has 1 saturated carbocycles. The van der Waals surface area contributed by atoms with Gasteiger partial charge in [0, 0.05) is 112 Å². The Bertz CT molecular complexity index is 3540. The first kappa shape index (κ1) is 60.8. The molecule has 24 heteroatoms. The Morgan fingerprint density at radius 3 is 2.31 bits per heavy atom. The highest BCUT2D eigenvalue weighted by Crippen LogP contribution is 2.55. The minimum atomic E-state index is -2.13. The number of aromatic hydroxyl groups is 3. The van der Waals surface area contributed by atoms with Crippen molar-refractivity contribution in [3.63, 3.8) is 0 Å². The number of aromatic carboxylic acids is 1. The lowest BCUT2D eigenvalue weighted by Crippen LogP contribution is -2.44. The highest BCUT2D eigenvalue weighted by molar-refractivity contribution is 6.38. The van der Waals surface area contributed by atoms with Crippen molar-refractivity contribution >= 4 is 80.4 Å². The normalized spacial score (nSPS) is 27.8. The van der Waals surface area contributed by atoms with Gasteiger partial charge in [0.05, 0.1) is 74.6 Å². The van der Waals surface area contributed by atoms with E-state index in [1.165, 1.54) is 65.4 Å². The lowest BCUT2D eigenvalue weighted by Gasteiger charge is -2.35. The number of esters is 1. The first-order chi connectivity index (χ1) is 39.8. The number of ketones is 1. The topological polar surface area (TPSA) is 309 Å². The number of aromatic nitrogens is 1. The Morgan fingerprint density at radius 2 is 1.65 bits per heavy atom. The van der Waals surface area contributed by atoms with Gasteiger partial charge in [-0.2, -0.15) is 5.10 Å². The third-order valence-electron chi connectivity index (χ3n) is 17.0. The van der Waals surface area contributed by atoms with Crippen LogP contribution in [0.2, 0.25) is 5.02 Å². The van der Waals surface area contributed by atoms with Crippen LogP contribution in [0.3, 0.4) is 0 Å². The van der Waals surface area contributed by atoms with E-state index in [2.05, 4.69) is 15.7 Å². The van der Waals surface area contributed by atoms with Crippen molar-refractivity contribution < 1.29 is 77.9 Å². The van der Waals surface area contributed by atoms with E-state index >= 15 is 4.39 Å². The highest BCUT2D eigenvalue weighted by Gasteiger charge is 2.50. The van der Waals surface area contributed by atoms with E-state index in [1.807, 2.05) is 0 Å². The zero-order valence-corrected chi connectivity index (χ0v) is 48.5. The number of nitrogens with zero attached hydrogens (tertiary/aromatic N) is 4. The van der Waals surface area contributed by atoms with E-state index in [4.69, 9.17) is 30.5 Å². The number of hydrogen-bond donors (Lipinski definition) is 8. The molecule has 5 aliphatic heterocycles. The van der Waals surface area contributed by atoms with Gasteiger partial charge in [-0.05, 0) is 58.1 Å². The number of carbonyl (C=O) groups excluding carboxylic acids is 4. The fourth-order valence-corrected chi connectivity index (χ4v) is 12.1. The Hall–Kier alpha value is -7.73. The zero-order chi connectivity index (χ0) is 61.0. The monoisotopic (exact) mass is 1180 g/mol. The third-order valence-corrected chi connectivity index (χ3v) is 17.4. The van der Waals surface area contributed by atoms with Crippen LogP contribution in [-0.2, 0) is 28.6 Å². The average Bonchev–Trinajstić information content (AvgIpc) is 1.85. The molecule has 0 radical (unpaired) electrons. The number of rotatable bonds is 9. The summed E-state index contributed by atoms with van der Waals surface area (Å²) in [6.07, 6.45) is 8.23. The molecular formula is C60H70ClFN6O16. The second kappa shape index (κ2) is 24.1. The van der Waals surface area contributed by atoms with Gasteiger partial charge in [-0.15, -0.1) is 0 Å². The molecule has 9 atom stereocenters. The number of fused-ring (bicyclic) bond motifs is 15. The molecule has 3 aromatic carbocycles. The molecule has 2 amide bonds. The molecule has 1 aromatic heterocycles. The summed E-state index contributed by atoms with van der Waals surface area (Å²) in [5.41, 5.74) is -1.83. The number of halogens is 2. The smallest absolute Gasteiger partial charge is 0.341 e. The van der Waals surface area contributed by atoms with Crippen molar-refractivity contribution in [3.05, 3.63) is 91.7 Å². The van der Waals surface area contributed by atoms with Gasteiger partial charge in [-0.25, -0.2) is 9.18 Å². The van der Waals surface area contributed by atoms with Crippen LogP contribution in [0.25, 0.3) is 21.7 Å². The van der Waals surface area contributed by atoms with Crippen LogP contribution < -0.4 is 25.7 Å². The molecule has 1 unspecified atom stereocenters. The van der Waals surface area contributed by atoms with Crippen molar-refractivity contribution in [3.8, 4) is 23.0 Å². The molecule has 10 rings (SSSR count). The number of benzene rings is 3. The maximum absolute atomic E-state index is 15.9. The van der Waals surface area contributed by atoms with Gasteiger partial charge < -0.3 is 69.7 Å². The van der Waals surface area contributed by atoms with Crippen LogP contribution in [0.1, 0.15) is 118 Å². The van der Waals surface area contributed by atoms with Crippen molar-refractivity contribution in [2.45, 2.75) is 129 Å². The fourth-order valence-electron chi connectivity index (χ4n) is 11.7. The van der Waals surface area contributed by atoms with Crippen LogP contribution >= 0.6 is 11.6 Å². The van der Waals surface area contributed by atoms with Crippen LogP contribution in [0, 0.1) is 36.4 Å². The summed E-state index contributed by atoms with van der Waals surface area (Å²) in [6, 6.07) is 0.548. The van der Waals surface area contributed by atoms with Crippen LogP contribution in [0.5, 0.6) is 23.0 Å². The standard InChI is InChI=1S/C60H70ClFN6O16/c1-27-10-9-11-28(2)57(77)65-46-38(24-63-67-19-14-33(15-20-67)58(78)64-34-16-18-66(25-34)48-40(62)23-37-47(45(48)61)68(35-12-13-35)26-39(52(37)73)59(79)80)53(74)42-43(54(46)75)51(72)31(5)55-44(42)56(76)60(7,84-55)82-21-17-36(81-8)22-41(83-32(6)69)29(3)50(71)30(4)49(27)70/h9-11,17,21,23-24,26-27,29-30,33-36,41,49-50,70-72,74-75H,12-16,18-20,22,25H2,1-8H3,(H,64,78)(H,65,77)(H,79,80)/b10-9+,21-17+,28-11-,63-24+/t27-,29-,30+,34?,36-,41+,49-,50-,60-/m0/s1. The number of pyridine rings is 1. The molecule has 5 bridgehead atoms. The van der Waals surface area contributed by atoms with E-state index in [9.17, 15) is 59.4 Å². The van der Waals surface area contributed by atoms with Crippen LogP contribution in [0.4, 0.5) is 15.8 Å². The summed E-state index contributed by atoms with van der Waals surface area (Å²) < 4.78 is 41.0. The second-order valence-electron chi connectivity index (χ2n) is 22.8. The molecule has 1 aliphatic carbocycles. The quantitative estimate of drug-likeness (QED) is 0.0359. The number of carboxylic acid groups (broad SMARTS) is 1. The molecule has 6 aliphatic rings. The molecule has 0 spiro atoms. The summed E-state index contributed by atoms with van der Waals surface area (Å²) in [7, 11) is 1.40. The predicted molar refractivity (Wildman–Crippen MR) is 308 cm³/mol. The summed E-state index contributed by atoms with van der Waals surface area (Å²) in [5, 5.41) is 80.1. The van der Waals surface area contributed by atoms with Gasteiger partial charge in [0.1, 0.15) is 34.7 Å². The number of methoxy groups -OCH3 is 1. The van der Waals surface area contributed by atoms with Gasteiger partial charge in [0.15, 0.2) is 5.75 Å². The van der Waals surface area contributed by atoms with Crippen molar-refractivity contribution in [1.29, 1.82) is 0 Å². The van der Waals surface area contributed by atoms with E-state index in [0.29, 0.717) is 25.8 Å². The number of aliphatic hydroxyl groups is 2. The van der Waals surface area contributed by atoms with Gasteiger partial charge in [-0.1, -0.05) is 50.6 Å². The molecule has 450 valence electrons. The largest absolute Gasteiger partial charge is 0.507 e. The summed E-state index contributed by atoms with van der Waals surface area (Å²) >= 11 is 6.89. The molecule has 6 heterocycles. The molecular weight excluding hydrogens is 1120 g/mol. The van der Waals surface area contributed by atoms with E-state index < -0.39 is 123 Å². The maximum atomic E-state index is 15.9. The highest BCUT2D eigenvalue weighted by atomic mass is 35.5. The molecule has 2 saturated heterocycles. The molecule has 3 fully saturated rings. The maximum Gasteiger partial charge on any atom is 0.341 e. The van der Waals surface area contributed by atoms with Crippen LogP contribution in [0.15, 0.2) is 58.3 Å². The summed E-state index contributed by atoms with van der Waals surface area (Å²) in [4.78, 5) is 81.6. The molecule has 84 heavy (non-hydrogen) atoms. The number of hydrogen-bond acceptors (Lipinski definition) is 18. The lowest BCUT2D eigenvalue weighted by atomic mass is 9.81. The average molecular weight is 1190 g/mol. The van der Waals surface area contributed by atoms with Gasteiger partial charge >= 0.3 is 17.7 Å². The molecule has 4 aromatic rings.